The van der Waals surface area contributed by atoms with Gasteiger partial charge in [0.2, 0.25) is 5.91 Å². The number of benzene rings is 2. The van der Waals surface area contributed by atoms with Gasteiger partial charge in [0.25, 0.3) is 0 Å². The number of hydrogen-bond acceptors (Lipinski definition) is 4. The summed E-state index contributed by atoms with van der Waals surface area (Å²) in [6, 6.07) is 5.78. The predicted octanol–water partition coefficient (Wildman–Crippen LogP) is 5.94. The molecule has 1 N–H and O–H groups in total. The summed E-state index contributed by atoms with van der Waals surface area (Å²) in [6.45, 7) is 7.59. The Balaban J connectivity index is 2.51. The van der Waals surface area contributed by atoms with Crippen LogP contribution in [0, 0.1) is 20.8 Å². The van der Waals surface area contributed by atoms with Gasteiger partial charge >= 0.3 is 6.18 Å². The van der Waals surface area contributed by atoms with Crippen molar-refractivity contribution in [3.8, 4) is 0 Å². The summed E-state index contributed by atoms with van der Waals surface area (Å²) in [5.74, 6) is -0.239. The van der Waals surface area contributed by atoms with Crippen molar-refractivity contribution in [3.63, 3.8) is 0 Å². The van der Waals surface area contributed by atoms with Gasteiger partial charge in [-0.2, -0.15) is 13.2 Å². The van der Waals surface area contributed by atoms with E-state index in [9.17, 15) is 18.0 Å². The maximum atomic E-state index is 13.5. The van der Waals surface area contributed by atoms with Gasteiger partial charge in [0, 0.05) is 42.4 Å². The Morgan fingerprint density at radius 3 is 2.33 bits per heavy atom. The van der Waals surface area contributed by atoms with Crippen molar-refractivity contribution in [1.82, 2.24) is 5.48 Å². The van der Waals surface area contributed by atoms with E-state index in [4.69, 9.17) is 16.4 Å². The van der Waals surface area contributed by atoms with Gasteiger partial charge < -0.3 is 9.80 Å². The Hall–Kier alpha value is -2.71. The number of carbonyl (C=O) groups excluding carboxylic acids is 1. The fraction of sp³-hybridized carbons (Fsp3) is 0.375. The summed E-state index contributed by atoms with van der Waals surface area (Å²) in [7, 11) is 3.03. The number of rotatable bonds is 8. The molecule has 2 aromatic carbocycles. The number of aryl methyl sites for hydroxylation is 3. The summed E-state index contributed by atoms with van der Waals surface area (Å²) >= 11 is 6.29. The second-order valence-corrected chi connectivity index (χ2v) is 8.15. The van der Waals surface area contributed by atoms with Crippen LogP contribution in [-0.2, 0) is 22.2 Å². The van der Waals surface area contributed by atoms with Crippen molar-refractivity contribution in [2.45, 2.75) is 40.3 Å². The standard InChI is InChI=1S/C24H29ClF3N3O2/c1-7-31(21-14-20(25)16(3)10-17(21)4)23(32)13-19-15(2)11-18(24(26,27)28)12-22(19)30(5)9-8-29-33-6/h8-12,14,29H,7,13H2,1-6H3/b9-8-. The highest BCUT2D eigenvalue weighted by Crippen LogP contribution is 2.36. The van der Waals surface area contributed by atoms with Crippen molar-refractivity contribution in [3.05, 3.63) is 69.5 Å². The number of carbonyl (C=O) groups is 1. The third-order valence-electron chi connectivity index (χ3n) is 5.35. The number of anilines is 2. The maximum Gasteiger partial charge on any atom is 0.416 e. The maximum absolute atomic E-state index is 13.5. The van der Waals surface area contributed by atoms with E-state index in [0.717, 1.165) is 23.3 Å². The third-order valence-corrected chi connectivity index (χ3v) is 5.76. The van der Waals surface area contributed by atoms with Crippen LogP contribution in [0.1, 0.15) is 34.7 Å². The minimum atomic E-state index is -4.51. The van der Waals surface area contributed by atoms with E-state index in [1.807, 2.05) is 26.8 Å². The Morgan fingerprint density at radius 1 is 1.09 bits per heavy atom. The third kappa shape index (κ3) is 6.42. The molecule has 0 saturated carbocycles. The van der Waals surface area contributed by atoms with Gasteiger partial charge in [-0.3, -0.25) is 15.1 Å². The van der Waals surface area contributed by atoms with Crippen LogP contribution in [-0.4, -0.2) is 26.6 Å². The lowest BCUT2D eigenvalue weighted by Gasteiger charge is -2.27. The lowest BCUT2D eigenvalue weighted by Crippen LogP contribution is -2.33. The summed E-state index contributed by atoms with van der Waals surface area (Å²) in [6.07, 6.45) is -1.62. The van der Waals surface area contributed by atoms with Crippen molar-refractivity contribution in [2.75, 3.05) is 30.5 Å². The van der Waals surface area contributed by atoms with Gasteiger partial charge in [-0.1, -0.05) is 17.7 Å². The molecule has 180 valence electrons. The quantitative estimate of drug-likeness (QED) is 0.472. The van der Waals surface area contributed by atoms with E-state index < -0.39 is 11.7 Å². The lowest BCUT2D eigenvalue weighted by atomic mass is 9.98. The molecule has 0 fully saturated rings. The summed E-state index contributed by atoms with van der Waals surface area (Å²) in [5.41, 5.74) is 5.36. The van der Waals surface area contributed by atoms with Crippen LogP contribution in [0.3, 0.4) is 0 Å². The van der Waals surface area contributed by atoms with Crippen molar-refractivity contribution in [2.24, 2.45) is 0 Å². The summed E-state index contributed by atoms with van der Waals surface area (Å²) < 4.78 is 40.4. The van der Waals surface area contributed by atoms with Crippen molar-refractivity contribution >= 4 is 28.9 Å². The topological polar surface area (TPSA) is 44.8 Å². The zero-order chi connectivity index (χ0) is 24.9. The monoisotopic (exact) mass is 483 g/mol. The van der Waals surface area contributed by atoms with Crippen LogP contribution in [0.15, 0.2) is 36.7 Å². The van der Waals surface area contributed by atoms with E-state index in [1.165, 1.54) is 24.4 Å². The van der Waals surface area contributed by atoms with E-state index in [0.29, 0.717) is 28.4 Å². The zero-order valence-corrected chi connectivity index (χ0v) is 20.4. The van der Waals surface area contributed by atoms with E-state index in [1.54, 1.807) is 24.9 Å². The second kappa shape index (κ2) is 10.9. The molecule has 0 heterocycles. The zero-order valence-electron chi connectivity index (χ0n) is 19.6. The molecule has 2 rings (SSSR count). The minimum absolute atomic E-state index is 0.0754. The number of halogens is 4. The number of nitrogens with zero attached hydrogens (tertiary/aromatic N) is 2. The first-order chi connectivity index (χ1) is 15.4. The first kappa shape index (κ1) is 26.5. The molecule has 0 bridgehead atoms. The first-order valence-corrected chi connectivity index (χ1v) is 10.7. The summed E-state index contributed by atoms with van der Waals surface area (Å²) in [4.78, 5) is 21.2. The number of amides is 1. The largest absolute Gasteiger partial charge is 0.416 e. The fourth-order valence-electron chi connectivity index (χ4n) is 3.63. The highest BCUT2D eigenvalue weighted by molar-refractivity contribution is 6.31. The lowest BCUT2D eigenvalue weighted by molar-refractivity contribution is -0.137. The van der Waals surface area contributed by atoms with Crippen LogP contribution in [0.5, 0.6) is 0 Å². The molecular formula is C24H29ClF3N3O2. The molecule has 0 spiro atoms. The highest BCUT2D eigenvalue weighted by atomic mass is 35.5. The molecule has 0 aromatic heterocycles. The number of nitrogens with one attached hydrogen (secondary N) is 1. The molecule has 0 aliphatic carbocycles. The van der Waals surface area contributed by atoms with Gasteiger partial charge in [0.05, 0.1) is 19.1 Å². The number of hydrogen-bond donors (Lipinski definition) is 1. The number of hydroxylamine groups is 1. The van der Waals surface area contributed by atoms with Crippen molar-refractivity contribution < 1.29 is 22.8 Å². The predicted molar refractivity (Wildman–Crippen MR) is 127 cm³/mol. The minimum Gasteiger partial charge on any atom is -0.349 e. The molecule has 2 aromatic rings. The molecule has 0 radical (unpaired) electrons. The van der Waals surface area contributed by atoms with Gasteiger partial charge in [0.1, 0.15) is 0 Å². The van der Waals surface area contributed by atoms with Crippen LogP contribution >= 0.6 is 11.6 Å². The second-order valence-electron chi connectivity index (χ2n) is 7.74. The molecule has 9 heteroatoms. The molecule has 0 atom stereocenters. The Kier molecular flexibility index (Phi) is 8.80. The molecule has 5 nitrogen and oxygen atoms in total. The van der Waals surface area contributed by atoms with E-state index in [2.05, 4.69) is 5.48 Å². The number of alkyl halides is 3. The SMILES string of the molecule is CCN(C(=O)Cc1c(C)cc(C(F)(F)F)cc1N(C)/C=C\NOC)c1cc(Cl)c(C)cc1C. The van der Waals surface area contributed by atoms with Crippen LogP contribution in [0.25, 0.3) is 0 Å². The molecule has 33 heavy (non-hydrogen) atoms. The fourth-order valence-corrected chi connectivity index (χ4v) is 3.79. The smallest absolute Gasteiger partial charge is 0.349 e. The van der Waals surface area contributed by atoms with Gasteiger partial charge in [-0.25, -0.2) is 0 Å². The average Bonchev–Trinajstić information content (AvgIpc) is 2.72. The first-order valence-electron chi connectivity index (χ1n) is 10.4. The summed E-state index contributed by atoms with van der Waals surface area (Å²) in [5, 5.41) is 0.545. The van der Waals surface area contributed by atoms with E-state index in [-0.39, 0.29) is 18.0 Å². The van der Waals surface area contributed by atoms with E-state index >= 15 is 0 Å². The molecular weight excluding hydrogens is 455 g/mol. The Bertz CT molecular complexity index is 1040. The Morgan fingerprint density at radius 2 is 1.76 bits per heavy atom. The molecule has 1 amide bonds. The highest BCUT2D eigenvalue weighted by Gasteiger charge is 2.32. The van der Waals surface area contributed by atoms with Crippen LogP contribution in [0.2, 0.25) is 5.02 Å². The van der Waals surface area contributed by atoms with Crippen LogP contribution < -0.4 is 15.3 Å². The van der Waals surface area contributed by atoms with Crippen LogP contribution in [0.4, 0.5) is 24.5 Å². The van der Waals surface area contributed by atoms with Gasteiger partial charge in [-0.15, -0.1) is 0 Å². The molecule has 0 aliphatic rings. The molecule has 0 unspecified atom stereocenters. The number of likely N-dealkylation sites (N-methyl/N-ethyl adjacent to an activating group) is 1. The van der Waals surface area contributed by atoms with Crippen molar-refractivity contribution in [1.29, 1.82) is 0 Å². The average molecular weight is 484 g/mol. The Labute approximate surface area is 197 Å². The normalized spacial score (nSPS) is 11.7. The molecule has 0 aliphatic heterocycles. The van der Waals surface area contributed by atoms with Gasteiger partial charge in [-0.05, 0) is 68.1 Å². The van der Waals surface area contributed by atoms with Gasteiger partial charge in [0.15, 0.2) is 0 Å². The molecule has 0 saturated heterocycles.